The van der Waals surface area contributed by atoms with Gasteiger partial charge in [0, 0.05) is 13.0 Å². The van der Waals surface area contributed by atoms with Gasteiger partial charge in [0.15, 0.2) is 11.5 Å². The molecule has 1 aliphatic heterocycles. The lowest BCUT2D eigenvalue weighted by Gasteiger charge is -2.18. The fraction of sp³-hybridized carbons (Fsp3) is 0.381. The maximum absolute atomic E-state index is 11.9. The summed E-state index contributed by atoms with van der Waals surface area (Å²) in [7, 11) is 0. The first-order valence-corrected chi connectivity index (χ1v) is 9.05. The molecule has 0 fully saturated rings. The number of rotatable bonds is 8. The van der Waals surface area contributed by atoms with Gasteiger partial charge in [-0.3, -0.25) is 4.79 Å². The minimum absolute atomic E-state index is 0.0513. The van der Waals surface area contributed by atoms with Gasteiger partial charge >= 0.3 is 0 Å². The van der Waals surface area contributed by atoms with Gasteiger partial charge in [0.25, 0.3) is 0 Å². The summed E-state index contributed by atoms with van der Waals surface area (Å²) in [6.07, 6.45) is 1.93. The zero-order valence-corrected chi connectivity index (χ0v) is 15.1. The average Bonchev–Trinajstić information content (AvgIpc) is 2.65. The number of amides is 1. The average molecular weight is 355 g/mol. The molecule has 1 aliphatic rings. The van der Waals surface area contributed by atoms with Crippen molar-refractivity contribution >= 4 is 5.91 Å². The van der Waals surface area contributed by atoms with E-state index >= 15 is 0 Å². The number of carbonyl (C=O) groups excluding carboxylic acids is 1. The number of aryl methyl sites for hydroxylation is 1. The van der Waals surface area contributed by atoms with Gasteiger partial charge in [-0.2, -0.15) is 0 Å². The van der Waals surface area contributed by atoms with Crippen LogP contribution in [0.25, 0.3) is 0 Å². The van der Waals surface area contributed by atoms with Gasteiger partial charge in [0.1, 0.15) is 19.0 Å². The van der Waals surface area contributed by atoms with E-state index in [2.05, 4.69) is 5.32 Å². The van der Waals surface area contributed by atoms with Crippen molar-refractivity contribution in [3.63, 3.8) is 0 Å². The van der Waals surface area contributed by atoms with Gasteiger partial charge in [-0.25, -0.2) is 0 Å². The summed E-state index contributed by atoms with van der Waals surface area (Å²) in [4.78, 5) is 11.9. The number of hydrogen-bond donors (Lipinski definition) is 1. The Morgan fingerprint density at radius 3 is 2.81 bits per heavy atom. The molecule has 0 bridgehead atoms. The minimum atomic E-state index is 0.0513. The molecular weight excluding hydrogens is 330 g/mol. The molecule has 3 rings (SSSR count). The number of nitrogens with one attached hydrogen (secondary N) is 1. The molecule has 26 heavy (non-hydrogen) atoms. The molecule has 0 unspecified atom stereocenters. The molecule has 0 saturated heterocycles. The summed E-state index contributed by atoms with van der Waals surface area (Å²) in [5, 5.41) is 2.95. The fourth-order valence-corrected chi connectivity index (χ4v) is 2.81. The number of ether oxygens (including phenoxy) is 3. The summed E-state index contributed by atoms with van der Waals surface area (Å²) in [5.41, 5.74) is 2.29. The molecule has 2 aromatic carbocycles. The van der Waals surface area contributed by atoms with Gasteiger partial charge < -0.3 is 19.5 Å². The lowest BCUT2D eigenvalue weighted by atomic mass is 10.1. The second-order valence-electron chi connectivity index (χ2n) is 6.35. The van der Waals surface area contributed by atoms with Crippen LogP contribution in [0.15, 0.2) is 42.5 Å². The predicted octanol–water partition coefficient (Wildman–Crippen LogP) is 3.28. The van der Waals surface area contributed by atoms with Crippen LogP contribution in [0.2, 0.25) is 0 Å². The van der Waals surface area contributed by atoms with E-state index in [1.54, 1.807) is 0 Å². The van der Waals surface area contributed by atoms with Crippen LogP contribution in [0.5, 0.6) is 17.2 Å². The Balaban J connectivity index is 1.32. The van der Waals surface area contributed by atoms with E-state index in [0.717, 1.165) is 29.2 Å². The van der Waals surface area contributed by atoms with Crippen LogP contribution in [0.4, 0.5) is 0 Å². The summed E-state index contributed by atoms with van der Waals surface area (Å²) >= 11 is 0. The Kier molecular flexibility index (Phi) is 6.36. The number of hydrogen-bond acceptors (Lipinski definition) is 4. The van der Waals surface area contributed by atoms with Gasteiger partial charge in [0.2, 0.25) is 5.91 Å². The monoisotopic (exact) mass is 355 g/mol. The summed E-state index contributed by atoms with van der Waals surface area (Å²) < 4.78 is 16.7. The first kappa shape index (κ1) is 18.1. The van der Waals surface area contributed by atoms with E-state index < -0.39 is 0 Å². The van der Waals surface area contributed by atoms with Crippen molar-refractivity contribution in [2.45, 2.75) is 26.2 Å². The fourth-order valence-electron chi connectivity index (χ4n) is 2.81. The summed E-state index contributed by atoms with van der Waals surface area (Å²) in [6.45, 7) is 4.35. The molecule has 0 atom stereocenters. The number of carbonyl (C=O) groups is 1. The lowest BCUT2D eigenvalue weighted by Crippen LogP contribution is -2.25. The minimum Gasteiger partial charge on any atom is -0.494 e. The Labute approximate surface area is 154 Å². The third-order valence-electron chi connectivity index (χ3n) is 4.15. The molecule has 0 aliphatic carbocycles. The van der Waals surface area contributed by atoms with Gasteiger partial charge in [-0.15, -0.1) is 0 Å². The van der Waals surface area contributed by atoms with E-state index in [0.29, 0.717) is 39.2 Å². The van der Waals surface area contributed by atoms with Gasteiger partial charge in [-0.1, -0.05) is 18.2 Å². The molecule has 5 nitrogen and oxygen atoms in total. The molecule has 2 aromatic rings. The third kappa shape index (κ3) is 5.41. The normalized spacial score (nSPS) is 12.5. The van der Waals surface area contributed by atoms with E-state index in [1.807, 2.05) is 49.4 Å². The van der Waals surface area contributed by atoms with Crippen molar-refractivity contribution in [2.75, 3.05) is 26.4 Å². The molecule has 5 heteroatoms. The van der Waals surface area contributed by atoms with E-state index in [9.17, 15) is 4.79 Å². The first-order valence-electron chi connectivity index (χ1n) is 9.05. The van der Waals surface area contributed by atoms with Crippen molar-refractivity contribution in [1.29, 1.82) is 0 Å². The molecule has 138 valence electrons. The maximum Gasteiger partial charge on any atom is 0.220 e. The van der Waals surface area contributed by atoms with Crippen LogP contribution in [-0.4, -0.2) is 32.3 Å². The summed E-state index contributed by atoms with van der Waals surface area (Å²) in [6, 6.07) is 13.8. The number of fused-ring (bicyclic) bond motifs is 1. The Morgan fingerprint density at radius 2 is 1.96 bits per heavy atom. The highest BCUT2D eigenvalue weighted by molar-refractivity contribution is 5.75. The van der Waals surface area contributed by atoms with Crippen molar-refractivity contribution < 1.29 is 19.0 Å². The van der Waals surface area contributed by atoms with Gasteiger partial charge in [0.05, 0.1) is 6.61 Å². The molecular formula is C21H25NO4. The van der Waals surface area contributed by atoms with Crippen LogP contribution in [-0.2, 0) is 11.2 Å². The second-order valence-corrected chi connectivity index (χ2v) is 6.35. The zero-order valence-electron chi connectivity index (χ0n) is 15.1. The molecule has 0 aromatic heterocycles. The first-order chi connectivity index (χ1) is 12.7. The zero-order chi connectivity index (χ0) is 18.2. The standard InChI is InChI=1S/C21H25NO4/c1-16-4-2-5-18(14-16)24-11-3-6-21(23)22-10-9-17-7-8-19-20(15-17)26-13-12-25-19/h2,4-5,7-8,14-15H,3,6,9-13H2,1H3,(H,22,23). The van der Waals surface area contributed by atoms with Crippen LogP contribution < -0.4 is 19.5 Å². The third-order valence-corrected chi connectivity index (χ3v) is 4.15. The quantitative estimate of drug-likeness (QED) is 0.739. The van der Waals surface area contributed by atoms with Crippen molar-refractivity contribution in [3.8, 4) is 17.2 Å². The molecule has 0 spiro atoms. The van der Waals surface area contributed by atoms with E-state index in [1.165, 1.54) is 5.56 Å². The topological polar surface area (TPSA) is 56.8 Å². The maximum atomic E-state index is 11.9. The smallest absolute Gasteiger partial charge is 0.220 e. The molecule has 1 N–H and O–H groups in total. The van der Waals surface area contributed by atoms with E-state index in [4.69, 9.17) is 14.2 Å². The molecule has 1 heterocycles. The highest BCUT2D eigenvalue weighted by Crippen LogP contribution is 2.30. The van der Waals surface area contributed by atoms with Crippen molar-refractivity contribution in [1.82, 2.24) is 5.32 Å². The highest BCUT2D eigenvalue weighted by Gasteiger charge is 2.11. The molecule has 0 saturated carbocycles. The highest BCUT2D eigenvalue weighted by atomic mass is 16.6. The second kappa shape index (κ2) is 9.13. The van der Waals surface area contributed by atoms with Crippen molar-refractivity contribution in [3.05, 3.63) is 53.6 Å². The molecule has 0 radical (unpaired) electrons. The number of benzene rings is 2. The molecule has 1 amide bonds. The van der Waals surface area contributed by atoms with Gasteiger partial charge in [-0.05, 0) is 55.2 Å². The largest absolute Gasteiger partial charge is 0.494 e. The van der Waals surface area contributed by atoms with Crippen LogP contribution in [0.3, 0.4) is 0 Å². The Bertz CT molecular complexity index is 745. The predicted molar refractivity (Wildman–Crippen MR) is 100 cm³/mol. The lowest BCUT2D eigenvalue weighted by molar-refractivity contribution is -0.121. The SMILES string of the molecule is Cc1cccc(OCCCC(=O)NCCc2ccc3c(c2)OCCO3)c1. The van der Waals surface area contributed by atoms with Crippen LogP contribution in [0, 0.1) is 6.92 Å². The van der Waals surface area contributed by atoms with Crippen LogP contribution >= 0.6 is 0 Å². The Hall–Kier alpha value is -2.69. The Morgan fingerprint density at radius 1 is 1.12 bits per heavy atom. The van der Waals surface area contributed by atoms with Crippen molar-refractivity contribution in [2.24, 2.45) is 0 Å². The van der Waals surface area contributed by atoms with Crippen LogP contribution in [0.1, 0.15) is 24.0 Å². The summed E-state index contributed by atoms with van der Waals surface area (Å²) in [5.74, 6) is 2.48. The van der Waals surface area contributed by atoms with E-state index in [-0.39, 0.29) is 5.91 Å².